The molecule has 5 rings (SSSR count). The molecule has 0 amide bonds. The van der Waals surface area contributed by atoms with Gasteiger partial charge in [-0.1, -0.05) is 0 Å². The standard InChI is InChI=1S/C15H19N3OS/c1-19-11-2-3-13-12(8-11)16-15(20)18(13)14-9-17-6-4-10(14)5-7-17/h2-3,8,10,14H,4-7,9H2,1H3,(H,16,20). The minimum atomic E-state index is 0.521. The van der Waals surface area contributed by atoms with Crippen LogP contribution in [0.3, 0.4) is 0 Å². The molecule has 2 aromatic rings. The van der Waals surface area contributed by atoms with Crippen LogP contribution >= 0.6 is 12.2 Å². The molecule has 3 fully saturated rings. The molecule has 0 aliphatic carbocycles. The lowest BCUT2D eigenvalue weighted by Crippen LogP contribution is -2.48. The number of hydrogen-bond donors (Lipinski definition) is 1. The van der Waals surface area contributed by atoms with Crippen LogP contribution in [0.4, 0.5) is 0 Å². The third-order valence-electron chi connectivity index (χ3n) is 4.88. The SMILES string of the molecule is COc1ccc2c(c1)[nH]c(=S)n2C1CN2CCC1CC2. The Bertz CT molecular complexity index is 697. The van der Waals surface area contributed by atoms with Crippen molar-refractivity contribution in [3.63, 3.8) is 0 Å². The van der Waals surface area contributed by atoms with Gasteiger partial charge in [-0.05, 0) is 56.2 Å². The average molecular weight is 289 g/mol. The number of nitrogens with zero attached hydrogens (tertiary/aromatic N) is 2. The van der Waals surface area contributed by atoms with E-state index in [4.69, 9.17) is 17.0 Å². The third-order valence-corrected chi connectivity index (χ3v) is 5.18. The second-order valence-corrected chi connectivity index (χ2v) is 6.28. The summed E-state index contributed by atoms with van der Waals surface area (Å²) >= 11 is 5.58. The molecule has 3 aliphatic heterocycles. The number of fused-ring (bicyclic) bond motifs is 4. The van der Waals surface area contributed by atoms with Gasteiger partial charge in [0, 0.05) is 12.6 Å². The molecule has 0 spiro atoms. The fourth-order valence-electron chi connectivity index (χ4n) is 3.79. The van der Waals surface area contributed by atoms with Crippen LogP contribution in [-0.2, 0) is 0 Å². The van der Waals surface area contributed by atoms with Crippen LogP contribution in [-0.4, -0.2) is 41.2 Å². The van der Waals surface area contributed by atoms with Crippen molar-refractivity contribution in [3.8, 4) is 5.75 Å². The summed E-state index contributed by atoms with van der Waals surface area (Å²) in [6, 6.07) is 6.69. The van der Waals surface area contributed by atoms with Gasteiger partial charge in [-0.3, -0.25) is 0 Å². The van der Waals surface area contributed by atoms with Gasteiger partial charge < -0.3 is 19.2 Å². The molecule has 2 bridgehead atoms. The van der Waals surface area contributed by atoms with Crippen molar-refractivity contribution in [3.05, 3.63) is 23.0 Å². The van der Waals surface area contributed by atoms with E-state index >= 15 is 0 Å². The lowest BCUT2D eigenvalue weighted by Gasteiger charge is -2.45. The smallest absolute Gasteiger partial charge is 0.178 e. The van der Waals surface area contributed by atoms with Crippen LogP contribution in [0.5, 0.6) is 5.75 Å². The highest BCUT2D eigenvalue weighted by atomic mass is 32.1. The van der Waals surface area contributed by atoms with Crippen LogP contribution in [0.2, 0.25) is 0 Å². The van der Waals surface area contributed by atoms with Gasteiger partial charge in [0.25, 0.3) is 0 Å². The second-order valence-electron chi connectivity index (χ2n) is 5.89. The van der Waals surface area contributed by atoms with E-state index in [0.29, 0.717) is 6.04 Å². The molecule has 20 heavy (non-hydrogen) atoms. The molecular weight excluding hydrogens is 270 g/mol. The fourth-order valence-corrected chi connectivity index (χ4v) is 4.14. The minimum Gasteiger partial charge on any atom is -0.497 e. The zero-order valence-corrected chi connectivity index (χ0v) is 12.4. The minimum absolute atomic E-state index is 0.521. The number of benzene rings is 1. The molecule has 0 radical (unpaired) electrons. The highest BCUT2D eigenvalue weighted by Gasteiger charge is 2.36. The van der Waals surface area contributed by atoms with Crippen LogP contribution in [0.25, 0.3) is 11.0 Å². The Kier molecular flexibility index (Phi) is 2.86. The molecule has 1 atom stereocenters. The molecule has 3 aliphatic rings. The lowest BCUT2D eigenvalue weighted by atomic mass is 9.84. The normalized spacial score (nSPS) is 28.9. The highest BCUT2D eigenvalue weighted by Crippen LogP contribution is 2.37. The predicted molar refractivity (Wildman–Crippen MR) is 81.9 cm³/mol. The largest absolute Gasteiger partial charge is 0.497 e. The van der Waals surface area contributed by atoms with Crippen molar-refractivity contribution in [2.45, 2.75) is 18.9 Å². The second kappa shape index (κ2) is 4.60. The summed E-state index contributed by atoms with van der Waals surface area (Å²) in [7, 11) is 1.69. The van der Waals surface area contributed by atoms with E-state index < -0.39 is 0 Å². The number of aromatic nitrogens is 2. The van der Waals surface area contributed by atoms with Gasteiger partial charge in [0.2, 0.25) is 0 Å². The van der Waals surface area contributed by atoms with Gasteiger partial charge in [-0.25, -0.2) is 0 Å². The van der Waals surface area contributed by atoms with E-state index in [1.165, 1.54) is 31.4 Å². The Balaban J connectivity index is 1.83. The van der Waals surface area contributed by atoms with E-state index in [1.807, 2.05) is 12.1 Å². The zero-order valence-electron chi connectivity index (χ0n) is 11.6. The van der Waals surface area contributed by atoms with E-state index in [1.54, 1.807) is 7.11 Å². The lowest BCUT2D eigenvalue weighted by molar-refractivity contribution is 0.0582. The van der Waals surface area contributed by atoms with Crippen molar-refractivity contribution in [1.82, 2.24) is 14.5 Å². The van der Waals surface area contributed by atoms with Crippen LogP contribution in [0.15, 0.2) is 18.2 Å². The molecule has 1 N–H and O–H groups in total. The molecule has 0 saturated carbocycles. The first kappa shape index (κ1) is 12.4. The first-order valence-electron chi connectivity index (χ1n) is 7.27. The van der Waals surface area contributed by atoms with Gasteiger partial charge in [-0.15, -0.1) is 0 Å². The van der Waals surface area contributed by atoms with Crippen molar-refractivity contribution in [2.75, 3.05) is 26.7 Å². The quantitative estimate of drug-likeness (QED) is 0.863. The van der Waals surface area contributed by atoms with Crippen LogP contribution in [0, 0.1) is 10.7 Å². The Morgan fingerprint density at radius 1 is 1.30 bits per heavy atom. The number of nitrogens with one attached hydrogen (secondary N) is 1. The van der Waals surface area contributed by atoms with E-state index in [2.05, 4.69) is 20.5 Å². The number of aromatic amines is 1. The fraction of sp³-hybridized carbons (Fsp3) is 0.533. The molecule has 106 valence electrons. The molecular formula is C15H19N3OS. The summed E-state index contributed by atoms with van der Waals surface area (Å²) in [5.74, 6) is 1.64. The monoisotopic (exact) mass is 289 g/mol. The summed E-state index contributed by atoms with van der Waals surface area (Å²) in [4.78, 5) is 5.90. The Morgan fingerprint density at radius 3 is 2.75 bits per heavy atom. The van der Waals surface area contributed by atoms with Gasteiger partial charge in [0.05, 0.1) is 24.2 Å². The van der Waals surface area contributed by atoms with Crippen molar-refractivity contribution in [2.24, 2.45) is 5.92 Å². The van der Waals surface area contributed by atoms with Crippen LogP contribution < -0.4 is 4.74 Å². The maximum absolute atomic E-state index is 5.58. The average Bonchev–Trinajstić information content (AvgIpc) is 2.83. The summed E-state index contributed by atoms with van der Waals surface area (Å²) < 4.78 is 8.47. The number of piperidine rings is 3. The number of rotatable bonds is 2. The number of hydrogen-bond acceptors (Lipinski definition) is 3. The molecule has 4 heterocycles. The summed E-state index contributed by atoms with van der Waals surface area (Å²) in [6.45, 7) is 3.65. The molecule has 1 unspecified atom stereocenters. The molecule has 5 heteroatoms. The molecule has 3 saturated heterocycles. The Labute approximate surface area is 123 Å². The number of imidazole rings is 1. The van der Waals surface area contributed by atoms with Gasteiger partial charge in [0.15, 0.2) is 4.77 Å². The maximum atomic E-state index is 5.58. The van der Waals surface area contributed by atoms with Crippen molar-refractivity contribution < 1.29 is 4.74 Å². The molecule has 4 nitrogen and oxygen atoms in total. The summed E-state index contributed by atoms with van der Waals surface area (Å²) in [5.41, 5.74) is 2.28. The number of H-pyrrole nitrogens is 1. The van der Waals surface area contributed by atoms with Crippen molar-refractivity contribution in [1.29, 1.82) is 0 Å². The first-order valence-corrected chi connectivity index (χ1v) is 7.67. The van der Waals surface area contributed by atoms with Crippen LogP contribution in [0.1, 0.15) is 18.9 Å². The van der Waals surface area contributed by atoms with Gasteiger partial charge >= 0.3 is 0 Å². The number of ether oxygens (including phenoxy) is 1. The van der Waals surface area contributed by atoms with Gasteiger partial charge in [0.1, 0.15) is 5.75 Å². The summed E-state index contributed by atoms with van der Waals surface area (Å²) in [5, 5.41) is 0. The first-order chi connectivity index (χ1) is 9.76. The van der Waals surface area contributed by atoms with E-state index in [-0.39, 0.29) is 0 Å². The topological polar surface area (TPSA) is 33.2 Å². The Morgan fingerprint density at radius 2 is 2.10 bits per heavy atom. The molecule has 1 aromatic heterocycles. The third kappa shape index (κ3) is 1.80. The number of methoxy groups -OCH3 is 1. The van der Waals surface area contributed by atoms with Crippen molar-refractivity contribution >= 4 is 23.3 Å². The zero-order chi connectivity index (χ0) is 13.7. The maximum Gasteiger partial charge on any atom is 0.178 e. The predicted octanol–water partition coefficient (Wildman–Crippen LogP) is 2.97. The Hall–Kier alpha value is -1.33. The van der Waals surface area contributed by atoms with Gasteiger partial charge in [-0.2, -0.15) is 0 Å². The highest BCUT2D eigenvalue weighted by molar-refractivity contribution is 7.71. The van der Waals surface area contributed by atoms with E-state index in [9.17, 15) is 0 Å². The molecule has 1 aromatic carbocycles. The van der Waals surface area contributed by atoms with E-state index in [0.717, 1.165) is 28.5 Å². The summed E-state index contributed by atoms with van der Waals surface area (Å²) in [6.07, 6.45) is 2.60.